The van der Waals surface area contributed by atoms with Gasteiger partial charge in [0.2, 0.25) is 0 Å². The van der Waals surface area contributed by atoms with Crippen LogP contribution >= 0.6 is 0 Å². The smallest absolute Gasteiger partial charge is 0.0708 e. The van der Waals surface area contributed by atoms with E-state index in [1.807, 2.05) is 25.1 Å². The molecule has 1 aromatic carbocycles. The van der Waals surface area contributed by atoms with Gasteiger partial charge in [-0.05, 0) is 38.0 Å². The molecule has 0 saturated heterocycles. The summed E-state index contributed by atoms with van der Waals surface area (Å²) < 4.78 is 0. The Morgan fingerprint density at radius 3 is 2.89 bits per heavy atom. The second kappa shape index (κ2) is 5.66. The zero-order valence-electron chi connectivity index (χ0n) is 10.9. The Hall–Kier alpha value is -1.85. The summed E-state index contributed by atoms with van der Waals surface area (Å²) in [5, 5.41) is 1.20. The molecule has 1 unspecified atom stereocenters. The normalized spacial score (nSPS) is 11.9. The highest BCUT2D eigenvalue weighted by molar-refractivity contribution is 5.82. The highest BCUT2D eigenvalue weighted by atomic mass is 14.8. The third kappa shape index (κ3) is 2.69. The maximum absolute atomic E-state index is 6.17. The molecule has 1 atom stereocenters. The molecule has 0 saturated carbocycles. The van der Waals surface area contributed by atoms with Gasteiger partial charge >= 0.3 is 0 Å². The van der Waals surface area contributed by atoms with E-state index in [-0.39, 0.29) is 6.04 Å². The van der Waals surface area contributed by atoms with Crippen molar-refractivity contribution in [3.05, 3.63) is 41.6 Å². The largest absolute Gasteiger partial charge is 0.323 e. The molecule has 2 nitrogen and oxygen atoms in total. The standard InChI is InChI=1S/C16H18N2/c1-3-4-5-9-14(17)16-11-12(2)13-8-6-7-10-15(13)18-16/h6-8,10-11,14H,5,9,17H2,1-2H3. The fourth-order valence-electron chi connectivity index (χ4n) is 2.07. The molecule has 92 valence electrons. The van der Waals surface area contributed by atoms with Gasteiger partial charge in [0.15, 0.2) is 0 Å². The maximum atomic E-state index is 6.17. The predicted molar refractivity (Wildman–Crippen MR) is 76.1 cm³/mol. The third-order valence-electron chi connectivity index (χ3n) is 3.08. The highest BCUT2D eigenvalue weighted by Crippen LogP contribution is 2.21. The zero-order valence-corrected chi connectivity index (χ0v) is 10.9. The lowest BCUT2D eigenvalue weighted by Gasteiger charge is -2.12. The SMILES string of the molecule is CC#CCCC(N)c1cc(C)c2ccccc2n1. The van der Waals surface area contributed by atoms with E-state index in [0.717, 1.165) is 24.1 Å². The number of aromatic nitrogens is 1. The molecule has 18 heavy (non-hydrogen) atoms. The number of benzene rings is 1. The van der Waals surface area contributed by atoms with Crippen LogP contribution in [0.25, 0.3) is 10.9 Å². The molecule has 2 rings (SSSR count). The van der Waals surface area contributed by atoms with Crippen molar-refractivity contribution in [2.75, 3.05) is 0 Å². The van der Waals surface area contributed by atoms with Gasteiger partial charge in [-0.25, -0.2) is 0 Å². The number of nitrogens with zero attached hydrogens (tertiary/aromatic N) is 1. The lowest BCUT2D eigenvalue weighted by Crippen LogP contribution is -2.12. The van der Waals surface area contributed by atoms with Crippen molar-refractivity contribution in [1.29, 1.82) is 0 Å². The molecule has 0 spiro atoms. The van der Waals surface area contributed by atoms with Crippen molar-refractivity contribution in [2.45, 2.75) is 32.7 Å². The minimum Gasteiger partial charge on any atom is -0.323 e. The Bertz CT molecular complexity index is 605. The second-order valence-electron chi connectivity index (χ2n) is 4.45. The van der Waals surface area contributed by atoms with Crippen LogP contribution in [0.5, 0.6) is 0 Å². The van der Waals surface area contributed by atoms with Crippen molar-refractivity contribution in [3.63, 3.8) is 0 Å². The fourth-order valence-corrected chi connectivity index (χ4v) is 2.07. The number of para-hydroxylation sites is 1. The average Bonchev–Trinajstić information content (AvgIpc) is 2.39. The van der Waals surface area contributed by atoms with Crippen molar-refractivity contribution >= 4 is 10.9 Å². The molecule has 2 heteroatoms. The molecule has 0 amide bonds. The quantitative estimate of drug-likeness (QED) is 0.833. The second-order valence-corrected chi connectivity index (χ2v) is 4.45. The van der Waals surface area contributed by atoms with Gasteiger partial charge in [0.1, 0.15) is 0 Å². The Morgan fingerprint density at radius 1 is 1.33 bits per heavy atom. The van der Waals surface area contributed by atoms with Gasteiger partial charge in [-0.2, -0.15) is 0 Å². The van der Waals surface area contributed by atoms with Crippen LogP contribution < -0.4 is 5.73 Å². The summed E-state index contributed by atoms with van der Waals surface area (Å²) in [4.78, 5) is 4.64. The van der Waals surface area contributed by atoms with Gasteiger partial charge in [0.05, 0.1) is 11.2 Å². The van der Waals surface area contributed by atoms with E-state index in [4.69, 9.17) is 5.73 Å². The van der Waals surface area contributed by atoms with Crippen molar-refractivity contribution in [2.24, 2.45) is 5.73 Å². The third-order valence-corrected chi connectivity index (χ3v) is 3.08. The first-order valence-electron chi connectivity index (χ1n) is 6.24. The van der Waals surface area contributed by atoms with E-state index in [1.165, 1.54) is 10.9 Å². The molecular formula is C16H18N2. The summed E-state index contributed by atoms with van der Waals surface area (Å²) in [6.07, 6.45) is 1.68. The van der Waals surface area contributed by atoms with Crippen molar-refractivity contribution < 1.29 is 0 Å². The number of hydrogen-bond donors (Lipinski definition) is 1. The van der Waals surface area contributed by atoms with Crippen LogP contribution in [0.4, 0.5) is 0 Å². The summed E-state index contributed by atoms with van der Waals surface area (Å²) in [6.45, 7) is 3.95. The number of rotatable bonds is 3. The number of nitrogens with two attached hydrogens (primary N) is 1. The van der Waals surface area contributed by atoms with Crippen LogP contribution in [0.15, 0.2) is 30.3 Å². The molecule has 0 bridgehead atoms. The van der Waals surface area contributed by atoms with Gasteiger partial charge in [0, 0.05) is 17.8 Å². The summed E-state index contributed by atoms with van der Waals surface area (Å²) >= 11 is 0. The first kappa shape index (κ1) is 12.6. The molecule has 0 aliphatic rings. The van der Waals surface area contributed by atoms with Crippen LogP contribution in [-0.4, -0.2) is 4.98 Å². The first-order chi connectivity index (χ1) is 8.72. The molecule has 1 heterocycles. The van der Waals surface area contributed by atoms with Gasteiger partial charge in [-0.3, -0.25) is 4.98 Å². The molecular weight excluding hydrogens is 220 g/mol. The molecule has 2 aromatic rings. The Kier molecular flexibility index (Phi) is 3.96. The lowest BCUT2D eigenvalue weighted by molar-refractivity contribution is 0.650. The summed E-state index contributed by atoms with van der Waals surface area (Å²) in [5.41, 5.74) is 9.37. The Balaban J connectivity index is 2.30. The van der Waals surface area contributed by atoms with Crippen molar-refractivity contribution in [3.8, 4) is 11.8 Å². The van der Waals surface area contributed by atoms with E-state index in [0.29, 0.717) is 0 Å². The van der Waals surface area contributed by atoms with Gasteiger partial charge in [-0.1, -0.05) is 18.2 Å². The molecule has 0 aliphatic carbocycles. The summed E-state index contributed by atoms with van der Waals surface area (Å²) in [7, 11) is 0. The van der Waals surface area contributed by atoms with Crippen LogP contribution in [0.2, 0.25) is 0 Å². The topological polar surface area (TPSA) is 38.9 Å². The fraction of sp³-hybridized carbons (Fsp3) is 0.312. The van der Waals surface area contributed by atoms with Gasteiger partial charge < -0.3 is 5.73 Å². The summed E-state index contributed by atoms with van der Waals surface area (Å²) in [5.74, 6) is 5.93. The predicted octanol–water partition coefficient (Wildman–Crippen LogP) is 3.35. The van der Waals surface area contributed by atoms with Crippen LogP contribution in [0.1, 0.15) is 37.1 Å². The molecule has 0 radical (unpaired) electrons. The summed E-state index contributed by atoms with van der Waals surface area (Å²) in [6, 6.07) is 10.2. The van der Waals surface area contributed by atoms with Crippen molar-refractivity contribution in [1.82, 2.24) is 4.98 Å². The Morgan fingerprint density at radius 2 is 2.11 bits per heavy atom. The van der Waals surface area contributed by atoms with E-state index in [1.54, 1.807) is 0 Å². The van der Waals surface area contributed by atoms with E-state index in [2.05, 4.69) is 35.9 Å². The number of pyridine rings is 1. The molecule has 2 N–H and O–H groups in total. The minimum atomic E-state index is -0.0332. The number of aryl methyl sites for hydroxylation is 1. The van der Waals surface area contributed by atoms with E-state index >= 15 is 0 Å². The molecule has 1 aromatic heterocycles. The maximum Gasteiger partial charge on any atom is 0.0708 e. The molecule has 0 fully saturated rings. The average molecular weight is 238 g/mol. The molecule has 0 aliphatic heterocycles. The van der Waals surface area contributed by atoms with Crippen LogP contribution in [-0.2, 0) is 0 Å². The van der Waals surface area contributed by atoms with E-state index < -0.39 is 0 Å². The van der Waals surface area contributed by atoms with E-state index in [9.17, 15) is 0 Å². The van der Waals surface area contributed by atoms with Gasteiger partial charge in [-0.15, -0.1) is 11.8 Å². The first-order valence-corrected chi connectivity index (χ1v) is 6.24. The van der Waals surface area contributed by atoms with Gasteiger partial charge in [0.25, 0.3) is 0 Å². The lowest BCUT2D eigenvalue weighted by atomic mass is 10.0. The van der Waals surface area contributed by atoms with Crippen LogP contribution in [0, 0.1) is 18.8 Å². The monoisotopic (exact) mass is 238 g/mol. The van der Waals surface area contributed by atoms with Crippen LogP contribution in [0.3, 0.4) is 0 Å². The highest BCUT2D eigenvalue weighted by Gasteiger charge is 2.09. The Labute approximate surface area is 108 Å². The number of hydrogen-bond acceptors (Lipinski definition) is 2. The minimum absolute atomic E-state index is 0.0332. The zero-order chi connectivity index (χ0) is 13.0. The number of fused-ring (bicyclic) bond motifs is 1.